The zero-order valence-corrected chi connectivity index (χ0v) is 7.95. The van der Waals surface area contributed by atoms with Crippen LogP contribution < -0.4 is 0 Å². The van der Waals surface area contributed by atoms with Crippen LogP contribution in [0, 0.1) is 5.92 Å². The van der Waals surface area contributed by atoms with E-state index in [1.165, 1.54) is 0 Å². The van der Waals surface area contributed by atoms with E-state index >= 15 is 0 Å². The number of halogens is 3. The minimum absolute atomic E-state index is 0.0719. The number of hydrogen-bond donors (Lipinski definition) is 0. The van der Waals surface area contributed by atoms with Crippen LogP contribution in [0.15, 0.2) is 17.6 Å². The number of nitrogens with zero attached hydrogens (tertiary/aromatic N) is 1. The topological polar surface area (TPSA) is 12.4 Å². The molecule has 2 unspecified atom stereocenters. The van der Waals surface area contributed by atoms with Crippen LogP contribution in [-0.4, -0.2) is 23.0 Å². The lowest BCUT2D eigenvalue weighted by atomic mass is 10.2. The van der Waals surface area contributed by atoms with Crippen LogP contribution in [-0.2, 0) is 0 Å². The van der Waals surface area contributed by atoms with Crippen molar-refractivity contribution in [2.75, 3.05) is 6.54 Å². The summed E-state index contributed by atoms with van der Waals surface area (Å²) in [6.45, 7) is 5.16. The predicted octanol–water partition coefficient (Wildman–Crippen LogP) is 2.88. The van der Waals surface area contributed by atoms with Crippen molar-refractivity contribution >= 4 is 16.8 Å². The van der Waals surface area contributed by atoms with Crippen molar-refractivity contribution in [2.45, 2.75) is 18.3 Å². The average Bonchev–Trinajstić information content (AvgIpc) is 2.50. The van der Waals surface area contributed by atoms with Gasteiger partial charge in [-0.25, -0.2) is 0 Å². The molecule has 0 N–H and O–H groups in total. The summed E-state index contributed by atoms with van der Waals surface area (Å²) in [7, 11) is 0. The quantitative estimate of drug-likeness (QED) is 0.637. The second-order valence-corrected chi connectivity index (χ2v) is 4.07. The first-order chi connectivity index (χ1) is 5.95. The van der Waals surface area contributed by atoms with E-state index in [0.29, 0.717) is 5.04 Å². The molecule has 2 atom stereocenters. The fourth-order valence-electron chi connectivity index (χ4n) is 0.916. The summed E-state index contributed by atoms with van der Waals surface area (Å²) < 4.78 is 36.5. The highest BCUT2D eigenvalue weighted by molar-refractivity contribution is 8.14. The molecular weight excluding hydrogens is 199 g/mol. The van der Waals surface area contributed by atoms with Gasteiger partial charge in [0.1, 0.15) is 5.25 Å². The van der Waals surface area contributed by atoms with Gasteiger partial charge in [0.25, 0.3) is 0 Å². The number of aliphatic imine (C=N–C) groups is 1. The number of hydrogen-bond acceptors (Lipinski definition) is 2. The zero-order valence-electron chi connectivity index (χ0n) is 7.14. The third kappa shape index (κ3) is 2.49. The van der Waals surface area contributed by atoms with Crippen LogP contribution in [0.1, 0.15) is 6.92 Å². The molecule has 0 fully saturated rings. The summed E-state index contributed by atoms with van der Waals surface area (Å²) in [6.07, 6.45) is -2.54. The van der Waals surface area contributed by atoms with Crippen LogP contribution >= 0.6 is 11.8 Å². The van der Waals surface area contributed by atoms with Gasteiger partial charge in [-0.1, -0.05) is 24.8 Å². The number of thioether (sulfide) groups is 1. The number of alkyl halides is 3. The van der Waals surface area contributed by atoms with Crippen molar-refractivity contribution in [1.29, 1.82) is 0 Å². The van der Waals surface area contributed by atoms with Gasteiger partial charge in [-0.15, -0.1) is 6.58 Å². The van der Waals surface area contributed by atoms with E-state index in [0.717, 1.165) is 11.8 Å². The van der Waals surface area contributed by atoms with E-state index in [2.05, 4.69) is 11.6 Å². The molecule has 0 saturated heterocycles. The minimum Gasteiger partial charge on any atom is -0.281 e. The third-order valence-corrected chi connectivity index (χ3v) is 3.23. The molecule has 74 valence electrons. The smallest absolute Gasteiger partial charge is 0.281 e. The van der Waals surface area contributed by atoms with Gasteiger partial charge in [0.15, 0.2) is 0 Å². The Kier molecular flexibility index (Phi) is 3.05. The summed E-state index contributed by atoms with van der Waals surface area (Å²) in [4.78, 5) is 3.84. The zero-order chi connectivity index (χ0) is 10.1. The molecule has 0 aromatic heterocycles. The summed E-state index contributed by atoms with van der Waals surface area (Å²) in [6, 6.07) is 0. The predicted molar refractivity (Wildman–Crippen MR) is 49.1 cm³/mol. The average molecular weight is 209 g/mol. The molecule has 1 nitrogen and oxygen atoms in total. The maximum atomic E-state index is 12.2. The molecule has 1 heterocycles. The molecule has 0 aromatic rings. The van der Waals surface area contributed by atoms with E-state index in [4.69, 9.17) is 0 Å². The molecule has 0 aliphatic carbocycles. The van der Waals surface area contributed by atoms with E-state index in [1.54, 1.807) is 13.0 Å². The highest BCUT2D eigenvalue weighted by atomic mass is 32.2. The lowest BCUT2D eigenvalue weighted by Crippen LogP contribution is -2.26. The summed E-state index contributed by atoms with van der Waals surface area (Å²) >= 11 is 0.804. The Morgan fingerprint density at radius 3 is 2.69 bits per heavy atom. The van der Waals surface area contributed by atoms with Crippen molar-refractivity contribution in [1.82, 2.24) is 0 Å². The molecule has 0 spiro atoms. The van der Waals surface area contributed by atoms with Crippen molar-refractivity contribution in [3.63, 3.8) is 0 Å². The van der Waals surface area contributed by atoms with Gasteiger partial charge in [-0.3, -0.25) is 4.99 Å². The molecule has 0 saturated carbocycles. The van der Waals surface area contributed by atoms with Crippen molar-refractivity contribution in [3.8, 4) is 0 Å². The monoisotopic (exact) mass is 209 g/mol. The molecule has 0 radical (unpaired) electrons. The SMILES string of the molecule is C=CC(C)C1=NCC(C(F)(F)F)S1. The maximum Gasteiger partial charge on any atom is 0.402 e. The highest BCUT2D eigenvalue weighted by Gasteiger charge is 2.43. The Morgan fingerprint density at radius 1 is 1.69 bits per heavy atom. The summed E-state index contributed by atoms with van der Waals surface area (Å²) in [5.41, 5.74) is 0. The van der Waals surface area contributed by atoms with Crippen LogP contribution in [0.5, 0.6) is 0 Å². The lowest BCUT2D eigenvalue weighted by Gasteiger charge is -2.13. The van der Waals surface area contributed by atoms with Gasteiger partial charge in [-0.05, 0) is 0 Å². The van der Waals surface area contributed by atoms with Crippen LogP contribution in [0.4, 0.5) is 13.2 Å². The fourth-order valence-corrected chi connectivity index (χ4v) is 1.95. The molecule has 0 aromatic carbocycles. The van der Waals surface area contributed by atoms with Crippen molar-refractivity contribution < 1.29 is 13.2 Å². The van der Waals surface area contributed by atoms with Crippen LogP contribution in [0.3, 0.4) is 0 Å². The normalized spacial score (nSPS) is 25.5. The molecule has 1 aliphatic rings. The molecular formula is C8H10F3NS. The van der Waals surface area contributed by atoms with E-state index < -0.39 is 11.4 Å². The maximum absolute atomic E-state index is 12.2. The van der Waals surface area contributed by atoms with E-state index in [-0.39, 0.29) is 12.5 Å². The molecule has 13 heavy (non-hydrogen) atoms. The first kappa shape index (κ1) is 10.6. The Labute approximate surface area is 79.1 Å². The summed E-state index contributed by atoms with van der Waals surface area (Å²) in [5.74, 6) is -0.0719. The molecule has 1 aliphatic heterocycles. The fraction of sp³-hybridized carbons (Fsp3) is 0.625. The second-order valence-electron chi connectivity index (χ2n) is 2.85. The Bertz CT molecular complexity index is 234. The Balaban J connectivity index is 2.56. The minimum atomic E-state index is -4.14. The van der Waals surface area contributed by atoms with Gasteiger partial charge < -0.3 is 0 Å². The number of rotatable bonds is 2. The summed E-state index contributed by atoms with van der Waals surface area (Å²) in [5, 5.41) is -0.817. The van der Waals surface area contributed by atoms with E-state index in [1.807, 2.05) is 0 Å². The van der Waals surface area contributed by atoms with E-state index in [9.17, 15) is 13.2 Å². The van der Waals surface area contributed by atoms with Gasteiger partial charge in [0.2, 0.25) is 0 Å². The van der Waals surface area contributed by atoms with Crippen LogP contribution in [0.2, 0.25) is 0 Å². The molecule has 0 bridgehead atoms. The Hall–Kier alpha value is -0.450. The van der Waals surface area contributed by atoms with Gasteiger partial charge in [-0.2, -0.15) is 13.2 Å². The second kappa shape index (κ2) is 3.74. The first-order valence-electron chi connectivity index (χ1n) is 3.85. The highest BCUT2D eigenvalue weighted by Crippen LogP contribution is 2.37. The van der Waals surface area contributed by atoms with Crippen molar-refractivity contribution in [2.24, 2.45) is 10.9 Å². The molecule has 0 amide bonds. The Morgan fingerprint density at radius 2 is 2.31 bits per heavy atom. The first-order valence-corrected chi connectivity index (χ1v) is 4.73. The number of allylic oxidation sites excluding steroid dienone is 1. The van der Waals surface area contributed by atoms with Gasteiger partial charge in [0.05, 0.1) is 11.6 Å². The largest absolute Gasteiger partial charge is 0.402 e. The van der Waals surface area contributed by atoms with Gasteiger partial charge >= 0.3 is 6.18 Å². The third-order valence-electron chi connectivity index (χ3n) is 1.78. The standard InChI is InChI=1S/C8H10F3NS/c1-3-5(2)7-12-4-6(13-7)8(9,10)11/h3,5-6H,1,4H2,2H3. The van der Waals surface area contributed by atoms with Crippen LogP contribution in [0.25, 0.3) is 0 Å². The van der Waals surface area contributed by atoms with Crippen molar-refractivity contribution in [3.05, 3.63) is 12.7 Å². The van der Waals surface area contributed by atoms with Gasteiger partial charge in [0, 0.05) is 5.92 Å². The molecule has 5 heteroatoms. The lowest BCUT2D eigenvalue weighted by molar-refractivity contribution is -0.126. The molecule has 1 rings (SSSR count).